The molecular formula is C17H21FN2S. The third-order valence-corrected chi connectivity index (χ3v) is 5.34. The number of nitrogens with one attached hydrogen (secondary N) is 1. The van der Waals surface area contributed by atoms with Gasteiger partial charge in [0.1, 0.15) is 5.82 Å². The molecule has 3 rings (SSSR count). The van der Waals surface area contributed by atoms with Crippen molar-refractivity contribution in [3.05, 3.63) is 51.2 Å². The van der Waals surface area contributed by atoms with Gasteiger partial charge >= 0.3 is 0 Å². The van der Waals surface area contributed by atoms with Gasteiger partial charge in [-0.05, 0) is 57.2 Å². The number of hydrogen-bond donors (Lipinski definition) is 1. The van der Waals surface area contributed by atoms with E-state index in [1.54, 1.807) is 23.5 Å². The number of hydrogen-bond acceptors (Lipinski definition) is 3. The van der Waals surface area contributed by atoms with Crippen molar-refractivity contribution in [2.45, 2.75) is 45.7 Å². The van der Waals surface area contributed by atoms with Gasteiger partial charge < -0.3 is 5.32 Å². The Morgan fingerprint density at radius 3 is 2.43 bits per heavy atom. The van der Waals surface area contributed by atoms with Crippen LogP contribution in [0.25, 0.3) is 0 Å². The fraction of sp³-hybridized carbons (Fsp3) is 0.471. The zero-order valence-electron chi connectivity index (χ0n) is 12.7. The van der Waals surface area contributed by atoms with Gasteiger partial charge in [0, 0.05) is 17.0 Å². The second-order valence-electron chi connectivity index (χ2n) is 5.94. The molecule has 0 saturated heterocycles. The van der Waals surface area contributed by atoms with E-state index in [1.165, 1.54) is 23.3 Å². The number of rotatable bonds is 5. The van der Waals surface area contributed by atoms with Crippen LogP contribution in [-0.4, -0.2) is 4.98 Å². The Morgan fingerprint density at radius 2 is 1.90 bits per heavy atom. The lowest BCUT2D eigenvalue weighted by atomic mass is 10.0. The molecule has 0 spiro atoms. The molecule has 0 aliphatic heterocycles. The summed E-state index contributed by atoms with van der Waals surface area (Å²) in [6.45, 7) is 6.31. The lowest BCUT2D eigenvalue weighted by Crippen LogP contribution is -2.26. The smallest absolute Gasteiger partial charge is 0.123 e. The molecule has 0 radical (unpaired) electrons. The van der Waals surface area contributed by atoms with Gasteiger partial charge in [-0.2, -0.15) is 0 Å². The quantitative estimate of drug-likeness (QED) is 0.866. The third-order valence-electron chi connectivity index (χ3n) is 4.08. The minimum atomic E-state index is -0.171. The van der Waals surface area contributed by atoms with Crippen molar-refractivity contribution < 1.29 is 4.39 Å². The number of thiazole rings is 1. The summed E-state index contributed by atoms with van der Waals surface area (Å²) in [5.74, 6) is 0.502. The Bertz CT molecular complexity index is 616. The Labute approximate surface area is 129 Å². The molecule has 2 nitrogen and oxygen atoms in total. The first-order valence-electron chi connectivity index (χ1n) is 7.50. The molecule has 2 unspecified atom stereocenters. The molecule has 0 amide bonds. The van der Waals surface area contributed by atoms with E-state index in [1.807, 2.05) is 19.1 Å². The van der Waals surface area contributed by atoms with Crippen LogP contribution < -0.4 is 5.32 Å². The van der Waals surface area contributed by atoms with E-state index < -0.39 is 0 Å². The molecule has 2 atom stereocenters. The molecule has 1 aliphatic rings. The number of aromatic nitrogens is 1. The highest BCUT2D eigenvalue weighted by Gasteiger charge is 2.33. The molecular weight excluding hydrogens is 283 g/mol. The van der Waals surface area contributed by atoms with Gasteiger partial charge in [-0.3, -0.25) is 0 Å². The fourth-order valence-corrected chi connectivity index (χ4v) is 3.84. The minimum absolute atomic E-state index is 0.171. The summed E-state index contributed by atoms with van der Waals surface area (Å²) >= 11 is 1.76. The van der Waals surface area contributed by atoms with Crippen molar-refractivity contribution in [3.63, 3.8) is 0 Å². The van der Waals surface area contributed by atoms with E-state index >= 15 is 0 Å². The molecule has 2 aromatic rings. The lowest BCUT2D eigenvalue weighted by molar-refractivity contribution is 0.429. The van der Waals surface area contributed by atoms with Crippen molar-refractivity contribution in [1.29, 1.82) is 0 Å². The minimum Gasteiger partial charge on any atom is -0.302 e. The van der Waals surface area contributed by atoms with Gasteiger partial charge in [0.25, 0.3) is 0 Å². The van der Waals surface area contributed by atoms with Crippen LogP contribution in [0.15, 0.2) is 24.3 Å². The summed E-state index contributed by atoms with van der Waals surface area (Å²) in [5.41, 5.74) is 2.30. The van der Waals surface area contributed by atoms with Crippen molar-refractivity contribution in [1.82, 2.24) is 10.3 Å². The maximum absolute atomic E-state index is 13.1. The number of nitrogens with zero attached hydrogens (tertiary/aromatic N) is 1. The second kappa shape index (κ2) is 5.85. The molecule has 21 heavy (non-hydrogen) atoms. The summed E-state index contributed by atoms with van der Waals surface area (Å²) in [7, 11) is 0. The van der Waals surface area contributed by atoms with E-state index in [0.717, 1.165) is 10.7 Å². The average molecular weight is 304 g/mol. The SMILES string of the molecule is Cc1nc(C)c(C(C)NC(c2ccc(F)cc2)C2CC2)s1. The average Bonchev–Trinajstić information content (AvgIpc) is 3.22. The molecule has 1 saturated carbocycles. The number of halogens is 1. The molecule has 0 bridgehead atoms. The van der Waals surface area contributed by atoms with Gasteiger partial charge in [0.2, 0.25) is 0 Å². The normalized spacial score (nSPS) is 17.7. The molecule has 1 aromatic carbocycles. The van der Waals surface area contributed by atoms with Crippen LogP contribution >= 0.6 is 11.3 Å². The van der Waals surface area contributed by atoms with Crippen molar-refractivity contribution >= 4 is 11.3 Å². The first kappa shape index (κ1) is 14.7. The van der Waals surface area contributed by atoms with Crippen LogP contribution in [0.1, 0.15) is 53.0 Å². The van der Waals surface area contributed by atoms with E-state index in [2.05, 4.69) is 24.1 Å². The lowest BCUT2D eigenvalue weighted by Gasteiger charge is -2.23. The van der Waals surface area contributed by atoms with Gasteiger partial charge in [0.15, 0.2) is 0 Å². The standard InChI is InChI=1S/C17H21FN2S/c1-10-17(21-12(3)19-10)11(2)20-16(13-4-5-13)14-6-8-15(18)9-7-14/h6-9,11,13,16,20H,4-5H2,1-3H3. The highest BCUT2D eigenvalue weighted by molar-refractivity contribution is 7.11. The summed E-state index contributed by atoms with van der Waals surface area (Å²) in [6.07, 6.45) is 2.50. The molecule has 1 heterocycles. The fourth-order valence-electron chi connectivity index (χ4n) is 2.90. The summed E-state index contributed by atoms with van der Waals surface area (Å²) < 4.78 is 13.1. The predicted molar refractivity (Wildman–Crippen MR) is 85.0 cm³/mol. The van der Waals surface area contributed by atoms with Crippen LogP contribution in [0, 0.1) is 25.6 Å². The van der Waals surface area contributed by atoms with E-state index in [9.17, 15) is 4.39 Å². The first-order chi connectivity index (χ1) is 10.0. The van der Waals surface area contributed by atoms with Gasteiger partial charge in [-0.15, -0.1) is 11.3 Å². The highest BCUT2D eigenvalue weighted by atomic mass is 32.1. The molecule has 1 N–H and O–H groups in total. The van der Waals surface area contributed by atoms with Gasteiger partial charge in [-0.25, -0.2) is 9.37 Å². The Hall–Kier alpha value is -1.26. The largest absolute Gasteiger partial charge is 0.302 e. The second-order valence-corrected chi connectivity index (χ2v) is 7.17. The van der Waals surface area contributed by atoms with Crippen molar-refractivity contribution in [2.24, 2.45) is 5.92 Å². The molecule has 1 fully saturated rings. The van der Waals surface area contributed by atoms with E-state index in [0.29, 0.717) is 12.0 Å². The topological polar surface area (TPSA) is 24.9 Å². The van der Waals surface area contributed by atoms with Crippen LogP contribution in [0.2, 0.25) is 0 Å². The summed E-state index contributed by atoms with van der Waals surface area (Å²) in [4.78, 5) is 5.82. The zero-order valence-corrected chi connectivity index (χ0v) is 13.5. The van der Waals surface area contributed by atoms with E-state index in [-0.39, 0.29) is 11.9 Å². The summed E-state index contributed by atoms with van der Waals surface area (Å²) in [5, 5.41) is 4.85. The van der Waals surface area contributed by atoms with Crippen LogP contribution in [0.5, 0.6) is 0 Å². The highest BCUT2D eigenvalue weighted by Crippen LogP contribution is 2.42. The van der Waals surface area contributed by atoms with E-state index in [4.69, 9.17) is 0 Å². The number of benzene rings is 1. The molecule has 1 aromatic heterocycles. The van der Waals surface area contributed by atoms with Crippen LogP contribution in [0.4, 0.5) is 4.39 Å². The Balaban J connectivity index is 1.79. The maximum atomic E-state index is 13.1. The Kier molecular flexibility index (Phi) is 4.09. The predicted octanol–water partition coefficient (Wildman–Crippen LogP) is 4.70. The van der Waals surface area contributed by atoms with Gasteiger partial charge in [-0.1, -0.05) is 12.1 Å². The van der Waals surface area contributed by atoms with Crippen molar-refractivity contribution in [3.8, 4) is 0 Å². The molecule has 4 heteroatoms. The van der Waals surface area contributed by atoms with Gasteiger partial charge in [0.05, 0.1) is 10.7 Å². The maximum Gasteiger partial charge on any atom is 0.123 e. The third kappa shape index (κ3) is 3.33. The number of aryl methyl sites for hydroxylation is 2. The monoisotopic (exact) mass is 304 g/mol. The molecule has 112 valence electrons. The molecule has 1 aliphatic carbocycles. The Morgan fingerprint density at radius 1 is 1.24 bits per heavy atom. The van der Waals surface area contributed by atoms with Crippen LogP contribution in [0.3, 0.4) is 0 Å². The summed E-state index contributed by atoms with van der Waals surface area (Å²) in [6, 6.07) is 7.50. The zero-order chi connectivity index (χ0) is 15.0. The first-order valence-corrected chi connectivity index (χ1v) is 8.31. The van der Waals surface area contributed by atoms with Crippen LogP contribution in [-0.2, 0) is 0 Å². The van der Waals surface area contributed by atoms with Crippen molar-refractivity contribution in [2.75, 3.05) is 0 Å².